The largest absolute Gasteiger partial charge is 0.296 e. The second-order valence-corrected chi connectivity index (χ2v) is 9.55. The Morgan fingerprint density at radius 3 is 2.17 bits per heavy atom. The molecule has 0 saturated heterocycles. The zero-order chi connectivity index (χ0) is 21.0. The van der Waals surface area contributed by atoms with E-state index in [-0.39, 0.29) is 21.4 Å². The number of aryl methyl sites for hydroxylation is 2. The molecule has 2 aromatic carbocycles. The standard InChI is InChI=1S/C20H22N4O3S2/c1-4-17(15-9-5-13(2)6-10-15)24-29(26,27)20-23-22-19(28-20)21-18(25)16-11-7-14(3)8-12-16/h5-12,17,24H,4H2,1-3H3,(H,21,22,25)/t17-/m0/s1. The zero-order valence-corrected chi connectivity index (χ0v) is 18.0. The lowest BCUT2D eigenvalue weighted by atomic mass is 10.0. The van der Waals surface area contributed by atoms with Crippen molar-refractivity contribution in [1.29, 1.82) is 0 Å². The number of carbonyl (C=O) groups excluding carboxylic acids is 1. The normalized spacial score (nSPS) is 12.5. The fourth-order valence-electron chi connectivity index (χ4n) is 2.67. The molecule has 1 aromatic heterocycles. The highest BCUT2D eigenvalue weighted by molar-refractivity contribution is 7.91. The third-order valence-electron chi connectivity index (χ3n) is 4.36. The molecule has 29 heavy (non-hydrogen) atoms. The molecule has 7 nitrogen and oxygen atoms in total. The van der Waals surface area contributed by atoms with Crippen molar-refractivity contribution in [1.82, 2.24) is 14.9 Å². The Bertz CT molecular complexity index is 1090. The summed E-state index contributed by atoms with van der Waals surface area (Å²) in [6, 6.07) is 14.3. The third-order valence-corrected chi connectivity index (χ3v) is 7.03. The van der Waals surface area contributed by atoms with Crippen molar-refractivity contribution in [2.75, 3.05) is 5.32 Å². The highest BCUT2D eigenvalue weighted by Crippen LogP contribution is 2.24. The molecule has 0 unspecified atom stereocenters. The fraction of sp³-hybridized carbons (Fsp3) is 0.250. The van der Waals surface area contributed by atoms with Gasteiger partial charge in [-0.15, -0.1) is 10.2 Å². The number of rotatable bonds is 7. The molecule has 0 spiro atoms. The number of aromatic nitrogens is 2. The summed E-state index contributed by atoms with van der Waals surface area (Å²) >= 11 is 0.811. The lowest BCUT2D eigenvalue weighted by Crippen LogP contribution is -2.28. The second kappa shape index (κ2) is 8.81. The van der Waals surface area contributed by atoms with Gasteiger partial charge in [0.15, 0.2) is 0 Å². The molecule has 9 heteroatoms. The third kappa shape index (κ3) is 5.26. The van der Waals surface area contributed by atoms with E-state index < -0.39 is 10.0 Å². The minimum atomic E-state index is -3.87. The molecular formula is C20H22N4O3S2. The van der Waals surface area contributed by atoms with E-state index in [1.54, 1.807) is 12.1 Å². The molecule has 1 heterocycles. The van der Waals surface area contributed by atoms with Gasteiger partial charge in [0.2, 0.25) is 9.47 Å². The Kier molecular flexibility index (Phi) is 6.41. The van der Waals surface area contributed by atoms with Crippen molar-refractivity contribution in [2.24, 2.45) is 0 Å². The van der Waals surface area contributed by atoms with Gasteiger partial charge in [-0.3, -0.25) is 10.1 Å². The van der Waals surface area contributed by atoms with E-state index in [1.807, 2.05) is 57.2 Å². The first-order valence-electron chi connectivity index (χ1n) is 9.09. The molecule has 0 fully saturated rings. The van der Waals surface area contributed by atoms with Crippen molar-refractivity contribution in [2.45, 2.75) is 37.6 Å². The van der Waals surface area contributed by atoms with Crippen LogP contribution >= 0.6 is 11.3 Å². The van der Waals surface area contributed by atoms with Crippen LogP contribution in [-0.2, 0) is 10.0 Å². The Balaban J connectivity index is 1.73. The monoisotopic (exact) mass is 430 g/mol. The molecule has 1 amide bonds. The van der Waals surface area contributed by atoms with Gasteiger partial charge < -0.3 is 0 Å². The summed E-state index contributed by atoms with van der Waals surface area (Å²) in [5.74, 6) is -0.371. The average Bonchev–Trinajstić information content (AvgIpc) is 3.17. The van der Waals surface area contributed by atoms with Crippen LogP contribution in [0.25, 0.3) is 0 Å². The van der Waals surface area contributed by atoms with Crippen molar-refractivity contribution in [3.05, 3.63) is 70.8 Å². The van der Waals surface area contributed by atoms with Gasteiger partial charge in [-0.1, -0.05) is 65.8 Å². The first-order valence-corrected chi connectivity index (χ1v) is 11.4. The van der Waals surface area contributed by atoms with Gasteiger partial charge in [0, 0.05) is 11.6 Å². The van der Waals surface area contributed by atoms with Crippen LogP contribution in [-0.4, -0.2) is 24.5 Å². The van der Waals surface area contributed by atoms with E-state index in [0.717, 1.165) is 28.0 Å². The summed E-state index contributed by atoms with van der Waals surface area (Å²) in [5.41, 5.74) is 3.47. The van der Waals surface area contributed by atoms with Gasteiger partial charge >= 0.3 is 0 Å². The van der Waals surface area contributed by atoms with Crippen LogP contribution in [0.15, 0.2) is 52.9 Å². The molecule has 0 aliphatic carbocycles. The van der Waals surface area contributed by atoms with Crippen molar-refractivity contribution in [3.63, 3.8) is 0 Å². The highest BCUT2D eigenvalue weighted by Gasteiger charge is 2.25. The number of nitrogens with zero attached hydrogens (tertiary/aromatic N) is 2. The Morgan fingerprint density at radius 2 is 1.59 bits per heavy atom. The number of sulfonamides is 1. The Hall–Kier alpha value is -2.62. The van der Waals surface area contributed by atoms with Gasteiger partial charge in [0.25, 0.3) is 15.9 Å². The molecule has 1 atom stereocenters. The molecular weight excluding hydrogens is 408 g/mol. The molecule has 3 rings (SSSR count). The van der Waals surface area contributed by atoms with E-state index in [4.69, 9.17) is 0 Å². The maximum Gasteiger partial charge on any atom is 0.270 e. The summed E-state index contributed by atoms with van der Waals surface area (Å²) in [6.07, 6.45) is 0.581. The van der Waals surface area contributed by atoms with E-state index in [0.29, 0.717) is 12.0 Å². The van der Waals surface area contributed by atoms with E-state index in [2.05, 4.69) is 20.2 Å². The van der Waals surface area contributed by atoms with E-state index in [9.17, 15) is 13.2 Å². The predicted octanol–water partition coefficient (Wildman–Crippen LogP) is 3.84. The van der Waals surface area contributed by atoms with Gasteiger partial charge in [-0.25, -0.2) is 13.1 Å². The van der Waals surface area contributed by atoms with Crippen LogP contribution in [0.3, 0.4) is 0 Å². The fourth-order valence-corrected chi connectivity index (χ4v) is 4.89. The number of hydrogen-bond donors (Lipinski definition) is 2. The molecule has 0 aliphatic heterocycles. The van der Waals surface area contributed by atoms with Gasteiger partial charge in [0.05, 0.1) is 0 Å². The van der Waals surface area contributed by atoms with Crippen LogP contribution in [0.2, 0.25) is 0 Å². The van der Waals surface area contributed by atoms with Gasteiger partial charge in [-0.05, 0) is 38.0 Å². The SMILES string of the molecule is CC[C@H](NS(=O)(=O)c1nnc(NC(=O)c2ccc(C)cc2)s1)c1ccc(C)cc1. The summed E-state index contributed by atoms with van der Waals surface area (Å²) < 4.78 is 27.9. The van der Waals surface area contributed by atoms with Gasteiger partial charge in [-0.2, -0.15) is 0 Å². The summed E-state index contributed by atoms with van der Waals surface area (Å²) in [5, 5.41) is 10.3. The number of anilines is 1. The number of amides is 1. The van der Waals surface area contributed by atoms with E-state index >= 15 is 0 Å². The topological polar surface area (TPSA) is 101 Å². The van der Waals surface area contributed by atoms with Gasteiger partial charge in [0.1, 0.15) is 0 Å². The summed E-state index contributed by atoms with van der Waals surface area (Å²) in [6.45, 7) is 5.81. The quantitative estimate of drug-likeness (QED) is 0.555. The molecule has 3 aromatic rings. The minimum Gasteiger partial charge on any atom is -0.296 e. The van der Waals surface area contributed by atoms with Crippen LogP contribution in [0.5, 0.6) is 0 Å². The number of benzene rings is 2. The number of nitrogens with one attached hydrogen (secondary N) is 2. The predicted molar refractivity (Wildman–Crippen MR) is 114 cm³/mol. The zero-order valence-electron chi connectivity index (χ0n) is 16.3. The summed E-state index contributed by atoms with van der Waals surface area (Å²) in [7, 11) is -3.87. The number of carbonyl (C=O) groups is 1. The Labute approximate surface area is 174 Å². The molecule has 2 N–H and O–H groups in total. The highest BCUT2D eigenvalue weighted by atomic mass is 32.2. The van der Waals surface area contributed by atoms with Crippen LogP contribution in [0.1, 0.15) is 46.4 Å². The first kappa shape index (κ1) is 21.1. The molecule has 0 saturated carbocycles. The van der Waals surface area contributed by atoms with Crippen molar-refractivity contribution < 1.29 is 13.2 Å². The van der Waals surface area contributed by atoms with Crippen molar-refractivity contribution in [3.8, 4) is 0 Å². The molecule has 0 radical (unpaired) electrons. The maximum absolute atomic E-state index is 12.7. The van der Waals surface area contributed by atoms with E-state index in [1.165, 1.54) is 0 Å². The maximum atomic E-state index is 12.7. The first-order chi connectivity index (χ1) is 13.8. The smallest absolute Gasteiger partial charge is 0.270 e. The second-order valence-electron chi connectivity index (χ2n) is 6.69. The van der Waals surface area contributed by atoms with Crippen LogP contribution < -0.4 is 10.0 Å². The lowest BCUT2D eigenvalue weighted by Gasteiger charge is -2.16. The van der Waals surface area contributed by atoms with Crippen LogP contribution in [0, 0.1) is 13.8 Å². The number of hydrogen-bond acceptors (Lipinski definition) is 6. The van der Waals surface area contributed by atoms with Crippen molar-refractivity contribution >= 4 is 32.4 Å². The van der Waals surface area contributed by atoms with Crippen LogP contribution in [0.4, 0.5) is 5.13 Å². The Morgan fingerprint density at radius 1 is 1.00 bits per heavy atom. The summed E-state index contributed by atoms with van der Waals surface area (Å²) in [4.78, 5) is 12.3. The average molecular weight is 431 g/mol. The minimum absolute atomic E-state index is 0.124. The molecule has 152 valence electrons. The lowest BCUT2D eigenvalue weighted by molar-refractivity contribution is 0.102. The molecule has 0 aliphatic rings. The molecule has 0 bridgehead atoms.